The van der Waals surface area contributed by atoms with Gasteiger partial charge < -0.3 is 30.1 Å². The zero-order chi connectivity index (χ0) is 28.8. The summed E-state index contributed by atoms with van der Waals surface area (Å²) in [5.74, 6) is 3.36. The van der Waals surface area contributed by atoms with E-state index in [2.05, 4.69) is 44.0 Å². The van der Waals surface area contributed by atoms with E-state index in [1.54, 1.807) is 6.33 Å². The van der Waals surface area contributed by atoms with Gasteiger partial charge in [-0.3, -0.25) is 11.4 Å². The number of fused-ring (bicyclic) bond motifs is 5. The Bertz CT molecular complexity index is 1550. The van der Waals surface area contributed by atoms with Gasteiger partial charge in [-0.25, -0.2) is 22.5 Å². The molecule has 0 aliphatic carbocycles. The predicted molar refractivity (Wildman–Crippen MR) is 162 cm³/mol. The maximum absolute atomic E-state index is 11.8. The van der Waals surface area contributed by atoms with E-state index in [-0.39, 0.29) is 24.6 Å². The maximum atomic E-state index is 11.8. The van der Waals surface area contributed by atoms with Crippen LogP contribution in [0.4, 0.5) is 17.2 Å². The SMILES string of the molecule is [CH-]=C/C(=C\[C-]=NC=[N-])Oc1ccc(Nc2ncnc3cc4c(cc23)N2CCC(CCC(=O)C=C)[C@@H](CO4)C2)cc1C.[Li+]. The number of hydrogen-bond donors (Lipinski definition) is 1. The number of aryl methyl sites for hydroxylation is 1. The van der Waals surface area contributed by atoms with Gasteiger partial charge >= 0.3 is 18.9 Å². The van der Waals surface area contributed by atoms with Crippen LogP contribution in [0.5, 0.6) is 11.5 Å². The van der Waals surface area contributed by atoms with Gasteiger partial charge in [-0.1, -0.05) is 6.58 Å². The quantitative estimate of drug-likeness (QED) is 0.0738. The average molecular weight is 555 g/mol. The van der Waals surface area contributed by atoms with Crippen molar-refractivity contribution in [1.29, 1.82) is 0 Å². The smallest absolute Gasteiger partial charge is 0.577 e. The van der Waals surface area contributed by atoms with Gasteiger partial charge in [0.15, 0.2) is 5.78 Å². The maximum Gasteiger partial charge on any atom is 1.00 e. The minimum Gasteiger partial charge on any atom is -0.577 e. The number of piperidine rings is 1. The molecule has 2 bridgehead atoms. The minimum atomic E-state index is 0. The van der Waals surface area contributed by atoms with Gasteiger partial charge in [0.2, 0.25) is 0 Å². The fourth-order valence-corrected chi connectivity index (χ4v) is 5.38. The first kappa shape index (κ1) is 30.8. The Kier molecular flexibility index (Phi) is 10.3. The van der Waals surface area contributed by atoms with Crippen LogP contribution < -0.4 is 38.6 Å². The van der Waals surface area contributed by atoms with Crippen molar-refractivity contribution in [2.24, 2.45) is 16.8 Å². The number of aromatic nitrogens is 2. The van der Waals surface area contributed by atoms with Gasteiger partial charge in [-0.2, -0.15) is 6.08 Å². The Morgan fingerprint density at radius 3 is 2.98 bits per heavy atom. The summed E-state index contributed by atoms with van der Waals surface area (Å²) in [6.07, 6.45) is 11.2. The van der Waals surface area contributed by atoms with E-state index in [0.717, 1.165) is 59.5 Å². The molecule has 1 fully saturated rings. The molecule has 1 saturated heterocycles. The molecule has 3 heterocycles. The summed E-state index contributed by atoms with van der Waals surface area (Å²) in [5.41, 5.74) is 3.53. The van der Waals surface area contributed by atoms with Crippen molar-refractivity contribution in [1.82, 2.24) is 9.97 Å². The van der Waals surface area contributed by atoms with E-state index in [1.807, 2.05) is 31.2 Å². The molecule has 9 nitrogen and oxygen atoms in total. The molecule has 0 radical (unpaired) electrons. The molecule has 0 amide bonds. The largest absolute Gasteiger partial charge is 1.00 e. The third kappa shape index (κ3) is 6.99. The van der Waals surface area contributed by atoms with Crippen molar-refractivity contribution in [2.45, 2.75) is 26.2 Å². The second-order valence-electron chi connectivity index (χ2n) is 10.1. The number of nitrogens with one attached hydrogen (secondary N) is 1. The topological polar surface area (TPSA) is 111 Å². The van der Waals surface area contributed by atoms with Crippen molar-refractivity contribution < 1.29 is 33.1 Å². The predicted octanol–water partition coefficient (Wildman–Crippen LogP) is 2.85. The number of allylic oxidation sites excluding steroid dienone is 3. The standard InChI is InChI=1S/C32H31N6O3.Li/c1-4-25(39)8-6-22-11-13-38-17-23(22)18-40-31-16-28-27(15-29(31)38)32(36-20-35-28)37-24-7-9-30(21(3)14-24)41-26(5-2)10-12-34-19-33;/h2,4-5,7,9-10,14-16,19-20,22-23H,1,6,8,11,13,17-18H2,3H3,(H,35,36,37);/q-3;+1/b26-10+;/t22?,23-;/m1./s1. The van der Waals surface area contributed by atoms with Crippen LogP contribution in [-0.4, -0.2) is 48.0 Å². The molecule has 2 aliphatic rings. The number of ketones is 1. The fraction of sp³-hybridized carbons (Fsp3) is 0.281. The molecule has 5 rings (SSSR count). The normalized spacial score (nSPS) is 17.8. The summed E-state index contributed by atoms with van der Waals surface area (Å²) in [4.78, 5) is 26.7. The number of hydrogen-bond acceptors (Lipinski definition) is 7. The van der Waals surface area contributed by atoms with E-state index < -0.39 is 0 Å². The van der Waals surface area contributed by atoms with E-state index in [1.165, 1.54) is 18.2 Å². The number of aliphatic imine (C=N–C) groups is 1. The molecule has 2 atom stereocenters. The number of rotatable bonds is 11. The summed E-state index contributed by atoms with van der Waals surface area (Å²) in [7, 11) is 0. The van der Waals surface area contributed by atoms with E-state index in [0.29, 0.717) is 48.5 Å². The molecule has 3 aromatic rings. The molecule has 0 spiro atoms. The Morgan fingerprint density at radius 1 is 1.36 bits per heavy atom. The van der Waals surface area contributed by atoms with Crippen molar-refractivity contribution in [3.05, 3.63) is 84.8 Å². The number of benzene rings is 2. The van der Waals surface area contributed by atoms with Crippen LogP contribution in [0.1, 0.15) is 24.8 Å². The second kappa shape index (κ2) is 14.1. The fourth-order valence-electron chi connectivity index (χ4n) is 5.38. The van der Waals surface area contributed by atoms with Gasteiger partial charge in [-0.15, -0.1) is 6.08 Å². The Morgan fingerprint density at radius 2 is 2.21 bits per heavy atom. The molecule has 1 aromatic heterocycles. The summed E-state index contributed by atoms with van der Waals surface area (Å²) in [5, 5.41) is 13.0. The molecule has 1 N–H and O–H groups in total. The molecule has 2 aromatic carbocycles. The van der Waals surface area contributed by atoms with Gasteiger partial charge in [0.1, 0.15) is 23.6 Å². The third-order valence-electron chi connectivity index (χ3n) is 7.56. The second-order valence-corrected chi connectivity index (χ2v) is 10.1. The Labute approximate surface area is 258 Å². The van der Waals surface area contributed by atoms with Crippen molar-refractivity contribution in [2.75, 3.05) is 29.9 Å². The van der Waals surface area contributed by atoms with Crippen LogP contribution in [0.15, 0.2) is 72.2 Å². The molecular formula is C32H31LiN6O3-2. The van der Waals surface area contributed by atoms with Crippen LogP contribution in [0.25, 0.3) is 16.3 Å². The van der Waals surface area contributed by atoms with Crippen LogP contribution in [0.3, 0.4) is 0 Å². The molecule has 210 valence electrons. The first-order valence-corrected chi connectivity index (χ1v) is 13.5. The molecule has 0 saturated carbocycles. The summed E-state index contributed by atoms with van der Waals surface area (Å²) in [6, 6.07) is 9.78. The van der Waals surface area contributed by atoms with Crippen molar-refractivity contribution in [3.63, 3.8) is 0 Å². The minimum absolute atomic E-state index is 0. The van der Waals surface area contributed by atoms with Crippen LogP contribution in [0, 0.1) is 25.3 Å². The van der Waals surface area contributed by atoms with Gasteiger partial charge in [0.05, 0.1) is 17.8 Å². The van der Waals surface area contributed by atoms with E-state index in [4.69, 9.17) is 21.5 Å². The summed E-state index contributed by atoms with van der Waals surface area (Å²) >= 11 is 0. The number of carbonyl (C=O) groups is 1. The summed E-state index contributed by atoms with van der Waals surface area (Å²) in [6.45, 7) is 13.6. The first-order chi connectivity index (χ1) is 20.0. The zero-order valence-electron chi connectivity index (χ0n) is 23.9. The molecule has 10 heteroatoms. The summed E-state index contributed by atoms with van der Waals surface area (Å²) < 4.78 is 12.1. The monoisotopic (exact) mass is 554 g/mol. The van der Waals surface area contributed by atoms with Gasteiger partial charge in [0, 0.05) is 48.3 Å². The van der Waals surface area contributed by atoms with Crippen molar-refractivity contribution >= 4 is 46.4 Å². The molecule has 1 unspecified atom stereocenters. The molecule has 42 heavy (non-hydrogen) atoms. The Balaban J connectivity index is 0.00000405. The van der Waals surface area contributed by atoms with E-state index in [9.17, 15) is 4.79 Å². The molecule has 2 aliphatic heterocycles. The number of carbonyl (C=O) groups excluding carboxylic acids is 1. The average Bonchev–Trinajstić information content (AvgIpc) is 3.12. The van der Waals surface area contributed by atoms with Gasteiger partial charge in [0.25, 0.3) is 0 Å². The van der Waals surface area contributed by atoms with E-state index >= 15 is 0 Å². The van der Waals surface area contributed by atoms with Crippen LogP contribution in [-0.2, 0) is 4.79 Å². The first-order valence-electron chi connectivity index (χ1n) is 13.5. The number of nitrogens with zero attached hydrogens (tertiary/aromatic N) is 5. The molecular weight excluding hydrogens is 523 g/mol. The number of ether oxygens (including phenoxy) is 2. The zero-order valence-corrected chi connectivity index (χ0v) is 23.9. The van der Waals surface area contributed by atoms with Crippen LogP contribution >= 0.6 is 0 Å². The third-order valence-corrected chi connectivity index (χ3v) is 7.56. The Hall–Kier alpha value is -4.19. The van der Waals surface area contributed by atoms with Crippen LogP contribution in [0.2, 0.25) is 0 Å². The van der Waals surface area contributed by atoms with Gasteiger partial charge in [-0.05, 0) is 61.6 Å². The number of anilines is 3. The van der Waals surface area contributed by atoms with Crippen molar-refractivity contribution in [3.8, 4) is 11.5 Å².